The van der Waals surface area contributed by atoms with E-state index in [1.54, 1.807) is 6.07 Å². The maximum Gasteiger partial charge on any atom is 0.416 e. The van der Waals surface area contributed by atoms with Gasteiger partial charge in [0.25, 0.3) is 0 Å². The molecular formula is C12H12F3N. The molecule has 1 unspecified atom stereocenters. The summed E-state index contributed by atoms with van der Waals surface area (Å²) in [6, 6.07) is 5.37. The summed E-state index contributed by atoms with van der Waals surface area (Å²) >= 11 is 0. The Bertz CT molecular complexity index is 421. The third-order valence-corrected chi connectivity index (χ3v) is 2.72. The van der Waals surface area contributed by atoms with E-state index in [-0.39, 0.29) is 6.04 Å². The van der Waals surface area contributed by atoms with Crippen LogP contribution in [-0.2, 0) is 6.18 Å². The average molecular weight is 227 g/mol. The lowest BCUT2D eigenvalue weighted by molar-refractivity contribution is -0.137. The zero-order valence-electron chi connectivity index (χ0n) is 8.59. The molecule has 86 valence electrons. The normalized spacial score (nSPS) is 21.0. The molecule has 0 spiro atoms. The first-order valence-corrected chi connectivity index (χ1v) is 5.11. The van der Waals surface area contributed by atoms with Gasteiger partial charge in [0.1, 0.15) is 0 Å². The van der Waals surface area contributed by atoms with E-state index in [1.807, 2.05) is 6.08 Å². The molecule has 0 saturated heterocycles. The molecule has 2 N–H and O–H groups in total. The molecule has 1 nitrogen and oxygen atoms in total. The van der Waals surface area contributed by atoms with E-state index >= 15 is 0 Å². The molecule has 1 aromatic rings. The fourth-order valence-corrected chi connectivity index (χ4v) is 1.88. The van der Waals surface area contributed by atoms with Gasteiger partial charge < -0.3 is 5.73 Å². The lowest BCUT2D eigenvalue weighted by Crippen LogP contribution is -2.11. The minimum absolute atomic E-state index is 0.0236. The van der Waals surface area contributed by atoms with Crippen molar-refractivity contribution in [1.29, 1.82) is 0 Å². The maximum atomic E-state index is 12.5. The van der Waals surface area contributed by atoms with Gasteiger partial charge in [-0.3, -0.25) is 0 Å². The molecule has 1 aromatic carbocycles. The second-order valence-corrected chi connectivity index (χ2v) is 3.97. The van der Waals surface area contributed by atoms with Crippen LogP contribution in [0.2, 0.25) is 0 Å². The van der Waals surface area contributed by atoms with Gasteiger partial charge in [-0.1, -0.05) is 18.2 Å². The third-order valence-electron chi connectivity index (χ3n) is 2.72. The molecular weight excluding hydrogens is 215 g/mol. The van der Waals surface area contributed by atoms with E-state index in [4.69, 9.17) is 5.73 Å². The molecule has 1 aliphatic carbocycles. The topological polar surface area (TPSA) is 26.0 Å². The van der Waals surface area contributed by atoms with Gasteiger partial charge in [0.05, 0.1) is 5.56 Å². The van der Waals surface area contributed by atoms with Crippen LogP contribution >= 0.6 is 0 Å². The zero-order chi connectivity index (χ0) is 11.8. The lowest BCUT2D eigenvalue weighted by Gasteiger charge is -2.09. The van der Waals surface area contributed by atoms with Crippen LogP contribution in [-0.4, -0.2) is 6.04 Å². The van der Waals surface area contributed by atoms with Gasteiger partial charge in [-0.2, -0.15) is 13.2 Å². The highest BCUT2D eigenvalue weighted by Gasteiger charge is 2.30. The first-order valence-electron chi connectivity index (χ1n) is 5.11. The highest BCUT2D eigenvalue weighted by molar-refractivity contribution is 5.68. The summed E-state index contributed by atoms with van der Waals surface area (Å²) in [6.07, 6.45) is -0.874. The Hall–Kier alpha value is -1.29. The molecule has 0 bridgehead atoms. The van der Waals surface area contributed by atoms with Crippen LogP contribution in [0.25, 0.3) is 5.57 Å². The van der Waals surface area contributed by atoms with Crippen molar-refractivity contribution in [2.24, 2.45) is 5.73 Å². The van der Waals surface area contributed by atoms with Crippen LogP contribution < -0.4 is 5.73 Å². The summed E-state index contributed by atoms with van der Waals surface area (Å²) in [5.74, 6) is 0. The minimum Gasteiger partial charge on any atom is -0.324 e. The Morgan fingerprint density at radius 1 is 1.25 bits per heavy atom. The van der Waals surface area contributed by atoms with Crippen LogP contribution in [0.5, 0.6) is 0 Å². The van der Waals surface area contributed by atoms with E-state index in [9.17, 15) is 13.2 Å². The number of benzene rings is 1. The number of hydrogen-bond acceptors (Lipinski definition) is 1. The second-order valence-electron chi connectivity index (χ2n) is 3.97. The molecule has 0 heterocycles. The van der Waals surface area contributed by atoms with E-state index < -0.39 is 11.7 Å². The first kappa shape index (κ1) is 11.2. The molecule has 0 aliphatic heterocycles. The van der Waals surface area contributed by atoms with Crippen molar-refractivity contribution in [1.82, 2.24) is 0 Å². The summed E-state index contributed by atoms with van der Waals surface area (Å²) < 4.78 is 37.5. The van der Waals surface area contributed by atoms with Gasteiger partial charge >= 0.3 is 6.18 Å². The van der Waals surface area contributed by atoms with Crippen molar-refractivity contribution >= 4 is 5.57 Å². The van der Waals surface area contributed by atoms with Crippen molar-refractivity contribution in [3.63, 3.8) is 0 Å². The molecule has 2 rings (SSSR count). The van der Waals surface area contributed by atoms with E-state index in [1.165, 1.54) is 12.1 Å². The SMILES string of the molecule is NC1C=C(c2cccc(C(F)(F)F)c2)CC1. The molecule has 16 heavy (non-hydrogen) atoms. The summed E-state index contributed by atoms with van der Waals surface area (Å²) in [5.41, 5.74) is 6.63. The molecule has 1 atom stereocenters. The highest BCUT2D eigenvalue weighted by Crippen LogP contribution is 2.33. The van der Waals surface area contributed by atoms with Gasteiger partial charge in [0.15, 0.2) is 0 Å². The summed E-state index contributed by atoms with van der Waals surface area (Å²) in [5, 5.41) is 0. The van der Waals surface area contributed by atoms with Crippen molar-refractivity contribution < 1.29 is 13.2 Å². The monoisotopic (exact) mass is 227 g/mol. The highest BCUT2D eigenvalue weighted by atomic mass is 19.4. The maximum absolute atomic E-state index is 12.5. The Balaban J connectivity index is 2.33. The molecule has 4 heteroatoms. The van der Waals surface area contributed by atoms with Crippen molar-refractivity contribution in [3.8, 4) is 0 Å². The fourth-order valence-electron chi connectivity index (χ4n) is 1.88. The van der Waals surface area contributed by atoms with Crippen LogP contribution in [0, 0.1) is 0 Å². The lowest BCUT2D eigenvalue weighted by atomic mass is 10.0. The average Bonchev–Trinajstić information content (AvgIpc) is 2.64. The van der Waals surface area contributed by atoms with Crippen molar-refractivity contribution in [3.05, 3.63) is 41.5 Å². The number of halogens is 3. The van der Waals surface area contributed by atoms with Crippen LogP contribution in [0.15, 0.2) is 30.3 Å². The Labute approximate surface area is 91.8 Å². The Morgan fingerprint density at radius 3 is 2.56 bits per heavy atom. The Kier molecular flexibility index (Phi) is 2.76. The standard InChI is InChI=1S/C12H12F3N/c13-12(14,15)10-3-1-2-8(6-10)9-4-5-11(16)7-9/h1-3,6-7,11H,4-5,16H2. The predicted octanol–water partition coefficient (Wildman–Crippen LogP) is 3.21. The molecule has 1 aliphatic rings. The molecule has 0 amide bonds. The molecule has 0 radical (unpaired) electrons. The third kappa shape index (κ3) is 2.27. The summed E-state index contributed by atoms with van der Waals surface area (Å²) in [4.78, 5) is 0. The molecule has 0 saturated carbocycles. The number of rotatable bonds is 1. The summed E-state index contributed by atoms with van der Waals surface area (Å²) in [6.45, 7) is 0. The van der Waals surface area contributed by atoms with Crippen molar-refractivity contribution in [2.75, 3.05) is 0 Å². The smallest absolute Gasteiger partial charge is 0.324 e. The minimum atomic E-state index is -4.28. The van der Waals surface area contributed by atoms with Gasteiger partial charge in [0.2, 0.25) is 0 Å². The first-order chi connectivity index (χ1) is 7.47. The van der Waals surface area contributed by atoms with Gasteiger partial charge in [-0.25, -0.2) is 0 Å². The van der Waals surface area contributed by atoms with E-state index in [2.05, 4.69) is 0 Å². The Morgan fingerprint density at radius 2 is 2.00 bits per heavy atom. The van der Waals surface area contributed by atoms with E-state index in [0.717, 1.165) is 24.5 Å². The number of nitrogens with two attached hydrogens (primary N) is 1. The van der Waals surface area contributed by atoms with Crippen molar-refractivity contribution in [2.45, 2.75) is 25.1 Å². The fraction of sp³-hybridized carbons (Fsp3) is 0.333. The number of allylic oxidation sites excluding steroid dienone is 1. The van der Waals surface area contributed by atoms with Crippen LogP contribution in [0.1, 0.15) is 24.0 Å². The van der Waals surface area contributed by atoms with E-state index in [0.29, 0.717) is 5.56 Å². The summed E-state index contributed by atoms with van der Waals surface area (Å²) in [7, 11) is 0. The number of alkyl halides is 3. The molecule has 0 aromatic heterocycles. The van der Waals surface area contributed by atoms with Gasteiger partial charge in [0, 0.05) is 6.04 Å². The second kappa shape index (κ2) is 3.94. The van der Waals surface area contributed by atoms with Gasteiger partial charge in [-0.05, 0) is 36.1 Å². The quantitative estimate of drug-likeness (QED) is 0.783. The van der Waals surface area contributed by atoms with Crippen LogP contribution in [0.4, 0.5) is 13.2 Å². The largest absolute Gasteiger partial charge is 0.416 e. The van der Waals surface area contributed by atoms with Gasteiger partial charge in [-0.15, -0.1) is 0 Å². The zero-order valence-corrected chi connectivity index (χ0v) is 8.59. The number of hydrogen-bond donors (Lipinski definition) is 1. The predicted molar refractivity (Wildman–Crippen MR) is 56.6 cm³/mol. The van der Waals surface area contributed by atoms with Crippen LogP contribution in [0.3, 0.4) is 0 Å². The molecule has 0 fully saturated rings.